The van der Waals surface area contributed by atoms with Gasteiger partial charge in [0.05, 0.1) is 31.4 Å². The highest BCUT2D eigenvalue weighted by atomic mass is 16.5. The largest absolute Gasteiger partial charge is 0.490 e. The molecular formula is C23H35N3O3. The lowest BCUT2D eigenvalue weighted by molar-refractivity contribution is -0.121. The standard InChI is InChI=1S/C23H35N3O3/c1-8-28-21-11-10-19(12-22(21)29-9-2)16(5)24-23(27)13-20-17(6)25-26(18(20)7)14-15(3)4/h10-12,15-16H,8-9,13-14H2,1-7H3,(H,24,27)/t16-/m0/s1. The van der Waals surface area contributed by atoms with Gasteiger partial charge in [0.1, 0.15) is 0 Å². The van der Waals surface area contributed by atoms with Crippen molar-refractivity contribution in [2.75, 3.05) is 13.2 Å². The summed E-state index contributed by atoms with van der Waals surface area (Å²) in [4.78, 5) is 12.7. The van der Waals surface area contributed by atoms with Gasteiger partial charge in [-0.1, -0.05) is 19.9 Å². The van der Waals surface area contributed by atoms with Crippen LogP contribution < -0.4 is 14.8 Å². The molecule has 0 aliphatic rings. The Morgan fingerprint density at radius 3 is 2.38 bits per heavy atom. The van der Waals surface area contributed by atoms with Gasteiger partial charge in [-0.2, -0.15) is 5.10 Å². The fraction of sp³-hybridized carbons (Fsp3) is 0.565. The highest BCUT2D eigenvalue weighted by Gasteiger charge is 2.18. The Kier molecular flexibility index (Phi) is 8.11. The molecular weight excluding hydrogens is 366 g/mol. The quantitative estimate of drug-likeness (QED) is 0.642. The Morgan fingerprint density at radius 1 is 1.10 bits per heavy atom. The molecule has 0 radical (unpaired) electrons. The Bertz CT molecular complexity index is 827. The van der Waals surface area contributed by atoms with Crippen molar-refractivity contribution < 1.29 is 14.3 Å². The van der Waals surface area contributed by atoms with Crippen LogP contribution in [0.3, 0.4) is 0 Å². The lowest BCUT2D eigenvalue weighted by atomic mass is 10.1. The zero-order valence-corrected chi connectivity index (χ0v) is 18.8. The molecule has 0 unspecified atom stereocenters. The Balaban J connectivity index is 2.09. The molecule has 0 bridgehead atoms. The van der Waals surface area contributed by atoms with Crippen LogP contribution in [-0.2, 0) is 17.8 Å². The summed E-state index contributed by atoms with van der Waals surface area (Å²) in [5.74, 6) is 1.92. The van der Waals surface area contributed by atoms with Crippen LogP contribution in [0.25, 0.3) is 0 Å². The minimum absolute atomic E-state index is 0.0142. The van der Waals surface area contributed by atoms with Gasteiger partial charge in [0, 0.05) is 17.8 Å². The molecule has 1 N–H and O–H groups in total. The summed E-state index contributed by atoms with van der Waals surface area (Å²) < 4.78 is 13.3. The molecule has 6 nitrogen and oxygen atoms in total. The number of benzene rings is 1. The predicted octanol–water partition coefficient (Wildman–Crippen LogP) is 4.37. The fourth-order valence-corrected chi connectivity index (χ4v) is 3.39. The molecule has 0 fully saturated rings. The predicted molar refractivity (Wildman–Crippen MR) is 116 cm³/mol. The number of carbonyl (C=O) groups is 1. The first-order chi connectivity index (χ1) is 13.8. The van der Waals surface area contributed by atoms with Gasteiger partial charge in [-0.05, 0) is 58.2 Å². The summed E-state index contributed by atoms with van der Waals surface area (Å²) >= 11 is 0. The van der Waals surface area contributed by atoms with E-state index in [2.05, 4.69) is 24.3 Å². The molecule has 0 spiro atoms. The molecule has 1 amide bonds. The molecule has 2 rings (SSSR count). The maximum Gasteiger partial charge on any atom is 0.225 e. The molecule has 1 aromatic carbocycles. The van der Waals surface area contributed by atoms with Crippen LogP contribution in [0.15, 0.2) is 18.2 Å². The molecule has 29 heavy (non-hydrogen) atoms. The zero-order valence-electron chi connectivity index (χ0n) is 18.8. The van der Waals surface area contributed by atoms with Crippen LogP contribution in [0.2, 0.25) is 0 Å². The molecule has 0 aliphatic carbocycles. The number of aryl methyl sites for hydroxylation is 1. The third kappa shape index (κ3) is 5.99. The smallest absolute Gasteiger partial charge is 0.225 e. The number of rotatable bonds is 10. The summed E-state index contributed by atoms with van der Waals surface area (Å²) in [5, 5.41) is 7.70. The molecule has 1 aromatic heterocycles. The van der Waals surface area contributed by atoms with Gasteiger partial charge in [-0.15, -0.1) is 0 Å². The van der Waals surface area contributed by atoms with E-state index < -0.39 is 0 Å². The summed E-state index contributed by atoms with van der Waals surface area (Å²) in [7, 11) is 0. The second-order valence-electron chi connectivity index (χ2n) is 7.76. The van der Waals surface area contributed by atoms with Gasteiger partial charge in [0.2, 0.25) is 5.91 Å². The van der Waals surface area contributed by atoms with Crippen LogP contribution in [0.5, 0.6) is 11.5 Å². The maximum absolute atomic E-state index is 12.7. The Labute approximate surface area is 174 Å². The van der Waals surface area contributed by atoms with E-state index in [0.29, 0.717) is 31.3 Å². The number of aromatic nitrogens is 2. The number of amides is 1. The van der Waals surface area contributed by atoms with Crippen molar-refractivity contribution in [3.05, 3.63) is 40.7 Å². The number of nitrogens with zero attached hydrogens (tertiary/aromatic N) is 2. The Hall–Kier alpha value is -2.50. The molecule has 160 valence electrons. The average molecular weight is 402 g/mol. The summed E-state index contributed by atoms with van der Waals surface area (Å²) in [6.45, 7) is 16.2. The zero-order chi connectivity index (χ0) is 21.6. The van der Waals surface area contributed by atoms with E-state index in [-0.39, 0.29) is 11.9 Å². The van der Waals surface area contributed by atoms with Crippen molar-refractivity contribution in [3.63, 3.8) is 0 Å². The monoisotopic (exact) mass is 401 g/mol. The van der Waals surface area contributed by atoms with E-state index in [1.54, 1.807) is 0 Å². The molecule has 0 saturated heterocycles. The average Bonchev–Trinajstić information content (AvgIpc) is 2.90. The number of nitrogens with one attached hydrogen (secondary N) is 1. The Morgan fingerprint density at radius 2 is 1.76 bits per heavy atom. The van der Waals surface area contributed by atoms with Crippen LogP contribution >= 0.6 is 0 Å². The lowest BCUT2D eigenvalue weighted by Gasteiger charge is -2.17. The van der Waals surface area contributed by atoms with Gasteiger partial charge >= 0.3 is 0 Å². The highest BCUT2D eigenvalue weighted by Crippen LogP contribution is 2.30. The number of hydrogen-bond acceptors (Lipinski definition) is 4. The number of hydrogen-bond donors (Lipinski definition) is 1. The molecule has 1 atom stereocenters. The summed E-state index contributed by atoms with van der Waals surface area (Å²) in [6, 6.07) is 5.67. The lowest BCUT2D eigenvalue weighted by Crippen LogP contribution is -2.28. The molecule has 6 heteroatoms. The molecule has 0 saturated carbocycles. The first kappa shape index (κ1) is 22.8. The summed E-state index contributed by atoms with van der Waals surface area (Å²) in [5.41, 5.74) is 3.98. The third-order valence-electron chi connectivity index (χ3n) is 4.85. The number of carbonyl (C=O) groups excluding carboxylic acids is 1. The fourth-order valence-electron chi connectivity index (χ4n) is 3.39. The van der Waals surface area contributed by atoms with Crippen LogP contribution in [-0.4, -0.2) is 28.9 Å². The third-order valence-corrected chi connectivity index (χ3v) is 4.85. The van der Waals surface area contributed by atoms with Crippen LogP contribution in [0.1, 0.15) is 63.2 Å². The van der Waals surface area contributed by atoms with Crippen LogP contribution in [0.4, 0.5) is 0 Å². The van der Waals surface area contributed by atoms with E-state index in [4.69, 9.17) is 9.47 Å². The van der Waals surface area contributed by atoms with Crippen molar-refractivity contribution in [2.45, 2.75) is 67.5 Å². The molecule has 0 aliphatic heterocycles. The second kappa shape index (κ2) is 10.3. The number of ether oxygens (including phenoxy) is 2. The van der Waals surface area contributed by atoms with Gasteiger partial charge in [-0.3, -0.25) is 9.48 Å². The first-order valence-electron chi connectivity index (χ1n) is 10.5. The van der Waals surface area contributed by atoms with Crippen molar-refractivity contribution >= 4 is 5.91 Å². The van der Waals surface area contributed by atoms with Gasteiger partial charge < -0.3 is 14.8 Å². The van der Waals surface area contributed by atoms with Gasteiger partial charge in [0.15, 0.2) is 11.5 Å². The van der Waals surface area contributed by atoms with Crippen molar-refractivity contribution in [2.24, 2.45) is 5.92 Å². The highest BCUT2D eigenvalue weighted by molar-refractivity contribution is 5.79. The normalized spacial score (nSPS) is 12.1. The SMILES string of the molecule is CCOc1ccc([C@H](C)NC(=O)Cc2c(C)nn(CC(C)C)c2C)cc1OCC. The minimum atomic E-state index is -0.135. The first-order valence-corrected chi connectivity index (χ1v) is 10.5. The van der Waals surface area contributed by atoms with E-state index in [1.807, 2.05) is 57.5 Å². The van der Waals surface area contributed by atoms with Gasteiger partial charge in [-0.25, -0.2) is 0 Å². The van der Waals surface area contributed by atoms with Crippen molar-refractivity contribution in [1.82, 2.24) is 15.1 Å². The van der Waals surface area contributed by atoms with E-state index in [0.717, 1.165) is 34.8 Å². The topological polar surface area (TPSA) is 65.4 Å². The van der Waals surface area contributed by atoms with Crippen molar-refractivity contribution in [1.29, 1.82) is 0 Å². The molecule has 1 heterocycles. The maximum atomic E-state index is 12.7. The van der Waals surface area contributed by atoms with Crippen molar-refractivity contribution in [3.8, 4) is 11.5 Å². The minimum Gasteiger partial charge on any atom is -0.490 e. The molecule has 2 aromatic rings. The van der Waals surface area contributed by atoms with E-state index in [9.17, 15) is 4.79 Å². The second-order valence-corrected chi connectivity index (χ2v) is 7.76. The van der Waals surface area contributed by atoms with E-state index in [1.165, 1.54) is 0 Å². The van der Waals surface area contributed by atoms with E-state index >= 15 is 0 Å². The van der Waals surface area contributed by atoms with Crippen LogP contribution in [0, 0.1) is 19.8 Å². The van der Waals surface area contributed by atoms with Gasteiger partial charge in [0.25, 0.3) is 0 Å². The summed E-state index contributed by atoms with van der Waals surface area (Å²) in [6.07, 6.45) is 0.329.